The summed E-state index contributed by atoms with van der Waals surface area (Å²) in [5.41, 5.74) is 0.253. The van der Waals surface area contributed by atoms with Gasteiger partial charge >= 0.3 is 5.97 Å². The van der Waals surface area contributed by atoms with Gasteiger partial charge in [0, 0.05) is 24.6 Å². The van der Waals surface area contributed by atoms with Crippen LogP contribution in [0.1, 0.15) is 44.2 Å². The number of hydrogen-bond acceptors (Lipinski definition) is 4. The van der Waals surface area contributed by atoms with Crippen LogP contribution in [-0.4, -0.2) is 45.7 Å². The van der Waals surface area contributed by atoms with E-state index in [1.54, 1.807) is 0 Å². The monoisotopic (exact) mass is 356 g/mol. The van der Waals surface area contributed by atoms with Gasteiger partial charge in [-0.1, -0.05) is 6.07 Å². The molecule has 1 N–H and O–H groups in total. The average molecular weight is 356 g/mol. The largest absolute Gasteiger partial charge is 0.477 e. The number of carbonyl (C=O) groups excluding carboxylic acids is 2. The van der Waals surface area contributed by atoms with Gasteiger partial charge in [0.2, 0.25) is 0 Å². The van der Waals surface area contributed by atoms with Crippen LogP contribution >= 0.6 is 0 Å². The number of pyridine rings is 1. The summed E-state index contributed by atoms with van der Waals surface area (Å²) in [5.74, 6) is -2.52. The number of amides is 1. The number of benzene rings is 1. The van der Waals surface area contributed by atoms with E-state index in [1.165, 1.54) is 47.4 Å². The Labute approximate surface area is 149 Å². The van der Waals surface area contributed by atoms with Gasteiger partial charge in [0.15, 0.2) is 5.78 Å². The van der Waals surface area contributed by atoms with Gasteiger partial charge in [-0.15, -0.1) is 0 Å². The zero-order valence-corrected chi connectivity index (χ0v) is 13.9. The number of ketones is 1. The summed E-state index contributed by atoms with van der Waals surface area (Å²) in [7, 11) is 0. The standard InChI is InChI=1S/C19H17FN2O4/c20-14-8-6-12(7-9-14)17(23)13-3-2-10-22(11-13)18(24)15-4-1-5-16(21-15)19(25)26/h1,4-9,13H,2-3,10-11H2,(H,25,26). The predicted molar refractivity (Wildman–Crippen MR) is 90.6 cm³/mol. The number of carboxylic acids is 1. The molecule has 1 amide bonds. The molecule has 0 saturated carbocycles. The van der Waals surface area contributed by atoms with Crippen molar-refractivity contribution in [3.05, 3.63) is 65.2 Å². The van der Waals surface area contributed by atoms with Crippen LogP contribution in [-0.2, 0) is 0 Å². The molecule has 1 unspecified atom stereocenters. The number of nitrogens with zero attached hydrogens (tertiary/aromatic N) is 2. The van der Waals surface area contributed by atoms with Gasteiger partial charge in [0.1, 0.15) is 17.2 Å². The molecule has 134 valence electrons. The Morgan fingerprint density at radius 2 is 1.77 bits per heavy atom. The van der Waals surface area contributed by atoms with E-state index in [4.69, 9.17) is 5.11 Å². The molecule has 6 nitrogen and oxygen atoms in total. The van der Waals surface area contributed by atoms with Crippen molar-refractivity contribution in [1.82, 2.24) is 9.88 Å². The van der Waals surface area contributed by atoms with E-state index in [0.717, 1.165) is 0 Å². The lowest BCUT2D eigenvalue weighted by Gasteiger charge is -2.32. The van der Waals surface area contributed by atoms with Crippen LogP contribution in [0.15, 0.2) is 42.5 Å². The molecule has 0 radical (unpaired) electrons. The van der Waals surface area contributed by atoms with Gasteiger partial charge in [-0.05, 0) is 49.2 Å². The molecule has 1 aliphatic heterocycles. The first-order valence-electron chi connectivity index (χ1n) is 8.25. The summed E-state index contributed by atoms with van der Waals surface area (Å²) < 4.78 is 13.0. The number of piperidine rings is 1. The Morgan fingerprint density at radius 1 is 1.08 bits per heavy atom. The first-order chi connectivity index (χ1) is 12.5. The maximum absolute atomic E-state index is 13.0. The third-order valence-electron chi connectivity index (χ3n) is 4.40. The highest BCUT2D eigenvalue weighted by molar-refractivity contribution is 5.99. The van der Waals surface area contributed by atoms with Crippen molar-refractivity contribution in [3.8, 4) is 0 Å². The first kappa shape index (κ1) is 17.7. The van der Waals surface area contributed by atoms with Crippen molar-refractivity contribution >= 4 is 17.7 Å². The number of likely N-dealkylation sites (tertiary alicyclic amines) is 1. The third-order valence-corrected chi connectivity index (χ3v) is 4.40. The van der Waals surface area contributed by atoms with Gasteiger partial charge in [0.25, 0.3) is 5.91 Å². The van der Waals surface area contributed by atoms with Crippen LogP contribution < -0.4 is 0 Å². The SMILES string of the molecule is O=C(O)c1cccc(C(=O)N2CCCC(C(=O)c3ccc(F)cc3)C2)n1. The van der Waals surface area contributed by atoms with Crippen LogP contribution in [0.5, 0.6) is 0 Å². The van der Waals surface area contributed by atoms with E-state index in [1.807, 2.05) is 0 Å². The maximum atomic E-state index is 13.0. The Morgan fingerprint density at radius 3 is 2.46 bits per heavy atom. The molecule has 1 atom stereocenters. The van der Waals surface area contributed by atoms with Gasteiger partial charge in [-0.3, -0.25) is 9.59 Å². The summed E-state index contributed by atoms with van der Waals surface area (Å²) in [6.07, 6.45) is 1.30. The number of aromatic nitrogens is 1. The first-order valence-corrected chi connectivity index (χ1v) is 8.25. The van der Waals surface area contributed by atoms with Crippen LogP contribution in [0.25, 0.3) is 0 Å². The number of halogens is 1. The van der Waals surface area contributed by atoms with Gasteiger partial charge < -0.3 is 10.0 Å². The molecule has 1 aliphatic rings. The summed E-state index contributed by atoms with van der Waals surface area (Å²) in [6, 6.07) is 9.60. The van der Waals surface area contributed by atoms with E-state index in [2.05, 4.69) is 4.98 Å². The number of carbonyl (C=O) groups is 3. The molecule has 7 heteroatoms. The van der Waals surface area contributed by atoms with Crippen molar-refractivity contribution in [2.75, 3.05) is 13.1 Å². The van der Waals surface area contributed by atoms with E-state index < -0.39 is 17.7 Å². The molecule has 2 heterocycles. The highest BCUT2D eigenvalue weighted by Crippen LogP contribution is 2.22. The fourth-order valence-electron chi connectivity index (χ4n) is 3.06. The molecular formula is C19H17FN2O4. The fraction of sp³-hybridized carbons (Fsp3) is 0.263. The minimum absolute atomic E-state index is 0.0415. The molecule has 3 rings (SSSR count). The van der Waals surface area contributed by atoms with Crippen LogP contribution in [0.3, 0.4) is 0 Å². The molecular weight excluding hydrogens is 339 g/mol. The molecule has 1 saturated heterocycles. The van der Waals surface area contributed by atoms with E-state index in [-0.39, 0.29) is 29.6 Å². The quantitative estimate of drug-likeness (QED) is 0.851. The lowest BCUT2D eigenvalue weighted by molar-refractivity contribution is 0.0632. The van der Waals surface area contributed by atoms with E-state index >= 15 is 0 Å². The maximum Gasteiger partial charge on any atom is 0.354 e. The third kappa shape index (κ3) is 3.77. The smallest absolute Gasteiger partial charge is 0.354 e. The van der Waals surface area contributed by atoms with Crippen molar-refractivity contribution in [1.29, 1.82) is 0 Å². The zero-order chi connectivity index (χ0) is 18.7. The van der Waals surface area contributed by atoms with Crippen LogP contribution in [0, 0.1) is 11.7 Å². The number of Topliss-reactive ketones (excluding diaryl/α,β-unsaturated/α-hetero) is 1. The van der Waals surface area contributed by atoms with Crippen molar-refractivity contribution in [2.45, 2.75) is 12.8 Å². The predicted octanol–water partition coefficient (Wildman–Crippen LogP) is 2.65. The Hall–Kier alpha value is -3.09. The summed E-state index contributed by atoms with van der Waals surface area (Å²) in [6.45, 7) is 0.707. The van der Waals surface area contributed by atoms with Crippen molar-refractivity contribution in [3.63, 3.8) is 0 Å². The lowest BCUT2D eigenvalue weighted by atomic mass is 9.90. The van der Waals surface area contributed by atoms with Crippen LogP contribution in [0.4, 0.5) is 4.39 Å². The van der Waals surface area contributed by atoms with Crippen molar-refractivity contribution < 1.29 is 23.9 Å². The zero-order valence-electron chi connectivity index (χ0n) is 13.9. The summed E-state index contributed by atoms with van der Waals surface area (Å²) in [4.78, 5) is 41.6. The minimum atomic E-state index is -1.21. The van der Waals surface area contributed by atoms with Crippen LogP contribution in [0.2, 0.25) is 0 Å². The molecule has 26 heavy (non-hydrogen) atoms. The Bertz CT molecular complexity index is 851. The Kier molecular flexibility index (Phi) is 5.06. The molecule has 1 aromatic heterocycles. The highest BCUT2D eigenvalue weighted by Gasteiger charge is 2.30. The second-order valence-corrected chi connectivity index (χ2v) is 6.17. The molecule has 1 fully saturated rings. The fourth-order valence-corrected chi connectivity index (χ4v) is 3.06. The second kappa shape index (κ2) is 7.43. The number of aromatic carboxylic acids is 1. The van der Waals surface area contributed by atoms with Gasteiger partial charge in [-0.2, -0.15) is 0 Å². The molecule has 0 aliphatic carbocycles. The normalized spacial score (nSPS) is 17.0. The molecule has 0 spiro atoms. The van der Waals surface area contributed by atoms with E-state index in [9.17, 15) is 18.8 Å². The van der Waals surface area contributed by atoms with Gasteiger partial charge in [0.05, 0.1) is 0 Å². The number of hydrogen-bond donors (Lipinski definition) is 1. The number of carboxylic acid groups (broad SMARTS) is 1. The highest BCUT2D eigenvalue weighted by atomic mass is 19.1. The average Bonchev–Trinajstić information content (AvgIpc) is 2.67. The molecule has 1 aromatic carbocycles. The minimum Gasteiger partial charge on any atom is -0.477 e. The Balaban J connectivity index is 1.74. The second-order valence-electron chi connectivity index (χ2n) is 6.17. The molecule has 0 bridgehead atoms. The summed E-state index contributed by atoms with van der Waals surface area (Å²) in [5, 5.41) is 9.00. The van der Waals surface area contributed by atoms with E-state index in [0.29, 0.717) is 24.9 Å². The molecule has 2 aromatic rings. The summed E-state index contributed by atoms with van der Waals surface area (Å²) >= 11 is 0. The lowest BCUT2D eigenvalue weighted by Crippen LogP contribution is -2.42. The van der Waals surface area contributed by atoms with Gasteiger partial charge in [-0.25, -0.2) is 14.2 Å². The topological polar surface area (TPSA) is 87.6 Å². The number of rotatable bonds is 4. The van der Waals surface area contributed by atoms with Crippen molar-refractivity contribution in [2.24, 2.45) is 5.92 Å².